The molecule has 1 saturated carbocycles. The molecule has 0 amide bonds. The molecule has 1 aromatic carbocycles. The Labute approximate surface area is 204 Å². The molecule has 0 spiro atoms. The van der Waals surface area contributed by atoms with Gasteiger partial charge in [0.05, 0.1) is 23.4 Å². The second-order valence-corrected chi connectivity index (χ2v) is 12.7. The average Bonchev–Trinajstić information content (AvgIpc) is 2.98. The molecule has 3 aliphatic heterocycles. The smallest absolute Gasteiger partial charge is 0.479 e. The molecule has 1 aromatic rings. The summed E-state index contributed by atoms with van der Waals surface area (Å²) in [6, 6.07) is 8.52. The van der Waals surface area contributed by atoms with Crippen LogP contribution in [0.2, 0.25) is 0 Å². The summed E-state index contributed by atoms with van der Waals surface area (Å²) in [5.74, 6) is -0.894. The van der Waals surface area contributed by atoms with Gasteiger partial charge >= 0.3 is 13.1 Å². The van der Waals surface area contributed by atoms with Crippen LogP contribution in [0.3, 0.4) is 0 Å². The maximum absolute atomic E-state index is 11.6. The van der Waals surface area contributed by atoms with Crippen molar-refractivity contribution < 1.29 is 28.7 Å². The molecule has 0 aromatic heterocycles. The van der Waals surface area contributed by atoms with Crippen molar-refractivity contribution in [1.82, 2.24) is 0 Å². The molecule has 1 N–H and O–H groups in total. The van der Waals surface area contributed by atoms with Gasteiger partial charge < -0.3 is 23.9 Å². The number of fused-ring (bicyclic) bond motifs is 3. The highest BCUT2D eigenvalue weighted by Crippen LogP contribution is 2.55. The molecule has 4 fully saturated rings. The first-order valence-electron chi connectivity index (χ1n) is 12.6. The molecule has 188 valence electrons. The summed E-state index contributed by atoms with van der Waals surface area (Å²) in [6.45, 7) is 15.1. The van der Waals surface area contributed by atoms with Crippen molar-refractivity contribution in [1.29, 1.82) is 0 Å². The Kier molecular flexibility index (Phi) is 6.51. The predicted octanol–water partition coefficient (Wildman–Crippen LogP) is 4.68. The van der Waals surface area contributed by atoms with E-state index in [4.69, 9.17) is 18.8 Å². The lowest BCUT2D eigenvalue weighted by molar-refractivity contribution is -0.197. The van der Waals surface area contributed by atoms with Gasteiger partial charge in [-0.25, -0.2) is 4.79 Å². The molecule has 34 heavy (non-hydrogen) atoms. The zero-order valence-corrected chi connectivity index (χ0v) is 21.9. The third-order valence-electron chi connectivity index (χ3n) is 8.64. The molecular weight excluding hydrogens is 431 g/mol. The van der Waals surface area contributed by atoms with E-state index < -0.39 is 17.5 Å². The van der Waals surface area contributed by atoms with Crippen LogP contribution in [0, 0.1) is 10.8 Å². The van der Waals surface area contributed by atoms with Gasteiger partial charge in [0, 0.05) is 6.61 Å². The van der Waals surface area contributed by atoms with E-state index in [0.717, 1.165) is 37.6 Å². The Balaban J connectivity index is 1.40. The number of hydrogen-bond acceptors (Lipinski definition) is 5. The van der Waals surface area contributed by atoms with Crippen LogP contribution < -0.4 is 5.46 Å². The normalized spacial score (nSPS) is 31.0. The summed E-state index contributed by atoms with van der Waals surface area (Å²) in [6.07, 6.45) is 4.07. The first-order chi connectivity index (χ1) is 15.7. The molecule has 5 rings (SSSR count). The fourth-order valence-electron chi connectivity index (χ4n) is 5.49. The SMILES string of the molecule is CC(C)(C)C(OCCC12CCC(c3cccc(B4OC(C)(C)C(C)(C)O4)c3)(CC1)OC2)C(=O)O. The number of benzene rings is 1. The lowest BCUT2D eigenvalue weighted by atomic mass is 9.62. The van der Waals surface area contributed by atoms with Gasteiger partial charge in [0.15, 0.2) is 6.10 Å². The third-order valence-corrected chi connectivity index (χ3v) is 8.64. The van der Waals surface area contributed by atoms with Gasteiger partial charge in [0.25, 0.3) is 0 Å². The third kappa shape index (κ3) is 4.69. The number of ether oxygens (including phenoxy) is 2. The van der Waals surface area contributed by atoms with E-state index in [9.17, 15) is 9.90 Å². The molecule has 4 aliphatic rings. The molecule has 3 heterocycles. The Morgan fingerprint density at radius 3 is 2.21 bits per heavy atom. The Hall–Kier alpha value is -1.41. The van der Waals surface area contributed by atoms with Crippen LogP contribution in [-0.4, -0.2) is 48.7 Å². The van der Waals surface area contributed by atoms with Gasteiger partial charge in [-0.05, 0) is 81.7 Å². The fourth-order valence-corrected chi connectivity index (χ4v) is 5.49. The van der Waals surface area contributed by atoms with E-state index in [1.807, 2.05) is 20.8 Å². The quantitative estimate of drug-likeness (QED) is 0.581. The zero-order valence-electron chi connectivity index (χ0n) is 21.9. The highest BCUT2D eigenvalue weighted by Gasteiger charge is 2.53. The van der Waals surface area contributed by atoms with Crippen molar-refractivity contribution in [3.05, 3.63) is 29.8 Å². The monoisotopic (exact) mass is 472 g/mol. The van der Waals surface area contributed by atoms with Crippen molar-refractivity contribution in [2.24, 2.45) is 10.8 Å². The van der Waals surface area contributed by atoms with Crippen LogP contribution in [0.15, 0.2) is 24.3 Å². The topological polar surface area (TPSA) is 74.2 Å². The van der Waals surface area contributed by atoms with Crippen LogP contribution in [-0.2, 0) is 29.2 Å². The molecule has 1 unspecified atom stereocenters. The van der Waals surface area contributed by atoms with Crippen molar-refractivity contribution in [3.63, 3.8) is 0 Å². The van der Waals surface area contributed by atoms with Crippen molar-refractivity contribution >= 4 is 18.6 Å². The number of carboxylic acids is 1. The van der Waals surface area contributed by atoms with E-state index in [-0.39, 0.29) is 29.3 Å². The number of carbonyl (C=O) groups is 1. The highest BCUT2D eigenvalue weighted by molar-refractivity contribution is 6.62. The van der Waals surface area contributed by atoms with E-state index in [0.29, 0.717) is 13.2 Å². The van der Waals surface area contributed by atoms with Crippen molar-refractivity contribution in [2.45, 2.75) is 103 Å². The Bertz CT molecular complexity index is 877. The van der Waals surface area contributed by atoms with Gasteiger partial charge in [-0.3, -0.25) is 0 Å². The molecular formula is C27H41BO6. The molecule has 1 atom stereocenters. The maximum atomic E-state index is 11.6. The molecule has 3 saturated heterocycles. The summed E-state index contributed by atoms with van der Waals surface area (Å²) in [7, 11) is -0.380. The Morgan fingerprint density at radius 1 is 1.09 bits per heavy atom. The average molecular weight is 472 g/mol. The first kappa shape index (κ1) is 25.7. The van der Waals surface area contributed by atoms with E-state index >= 15 is 0 Å². The van der Waals surface area contributed by atoms with Gasteiger partial charge in [-0.15, -0.1) is 0 Å². The Morgan fingerprint density at radius 2 is 1.71 bits per heavy atom. The van der Waals surface area contributed by atoms with E-state index in [2.05, 4.69) is 52.0 Å². The van der Waals surface area contributed by atoms with Crippen LogP contribution in [0.25, 0.3) is 0 Å². The van der Waals surface area contributed by atoms with Crippen LogP contribution in [0.4, 0.5) is 0 Å². The second kappa shape index (κ2) is 8.61. The largest absolute Gasteiger partial charge is 0.494 e. The minimum Gasteiger partial charge on any atom is -0.479 e. The van der Waals surface area contributed by atoms with Crippen molar-refractivity contribution in [3.8, 4) is 0 Å². The van der Waals surface area contributed by atoms with Gasteiger partial charge in [-0.1, -0.05) is 45.0 Å². The first-order valence-corrected chi connectivity index (χ1v) is 12.6. The minimum atomic E-state index is -0.894. The second-order valence-electron chi connectivity index (χ2n) is 12.7. The van der Waals surface area contributed by atoms with E-state index in [1.54, 1.807) is 0 Å². The van der Waals surface area contributed by atoms with Crippen molar-refractivity contribution in [2.75, 3.05) is 13.2 Å². The summed E-state index contributed by atoms with van der Waals surface area (Å²) >= 11 is 0. The molecule has 7 heteroatoms. The lowest BCUT2D eigenvalue weighted by Crippen LogP contribution is -2.50. The van der Waals surface area contributed by atoms with Crippen LogP contribution in [0.1, 0.15) is 86.1 Å². The fraction of sp³-hybridized carbons (Fsp3) is 0.741. The zero-order chi connectivity index (χ0) is 25.0. The van der Waals surface area contributed by atoms with E-state index in [1.165, 1.54) is 5.56 Å². The van der Waals surface area contributed by atoms with Gasteiger partial charge in [0.2, 0.25) is 0 Å². The number of aliphatic carboxylic acids is 1. The van der Waals surface area contributed by atoms with Gasteiger partial charge in [0.1, 0.15) is 0 Å². The van der Waals surface area contributed by atoms with Gasteiger partial charge in [-0.2, -0.15) is 0 Å². The summed E-state index contributed by atoms with van der Waals surface area (Å²) in [5.41, 5.74) is 0.869. The molecule has 6 nitrogen and oxygen atoms in total. The number of carboxylic acid groups (broad SMARTS) is 1. The molecule has 0 radical (unpaired) electrons. The number of hydrogen-bond donors (Lipinski definition) is 1. The minimum absolute atomic E-state index is 0.0754. The summed E-state index contributed by atoms with van der Waals surface area (Å²) in [4.78, 5) is 11.6. The molecule has 1 aliphatic carbocycles. The van der Waals surface area contributed by atoms with Crippen LogP contribution in [0.5, 0.6) is 0 Å². The standard InChI is InChI=1S/C27H41BO6/c1-23(2,3)21(22(29)30)31-16-15-26-11-13-27(14-12-26,32-18-26)19-9-8-10-20(17-19)28-33-24(4,5)25(6,7)34-28/h8-10,17,21H,11-16,18H2,1-7H3,(H,29,30). The summed E-state index contributed by atoms with van der Waals surface area (Å²) in [5, 5.41) is 9.53. The number of rotatable bonds is 7. The maximum Gasteiger partial charge on any atom is 0.494 e. The molecule has 2 bridgehead atoms. The highest BCUT2D eigenvalue weighted by atomic mass is 16.7. The predicted molar refractivity (Wildman–Crippen MR) is 132 cm³/mol. The summed E-state index contributed by atoms with van der Waals surface area (Å²) < 4.78 is 25.0. The van der Waals surface area contributed by atoms with Crippen LogP contribution >= 0.6 is 0 Å². The lowest BCUT2D eigenvalue weighted by Gasteiger charge is -2.53.